The fourth-order valence-corrected chi connectivity index (χ4v) is 0.516. The molecule has 0 aromatic carbocycles. The quantitative estimate of drug-likeness (QED) is 0.313. The second-order valence-corrected chi connectivity index (χ2v) is 2.12. The lowest BCUT2D eigenvalue weighted by atomic mass is 10.4. The minimum atomic E-state index is 0.837. The first-order valence-corrected chi connectivity index (χ1v) is 3.79. The summed E-state index contributed by atoms with van der Waals surface area (Å²) in [5.41, 5.74) is 0. The van der Waals surface area contributed by atoms with Gasteiger partial charge in [0.2, 0.25) is 0 Å². The van der Waals surface area contributed by atoms with E-state index in [4.69, 9.17) is 4.74 Å². The molecule has 58 valence electrons. The second-order valence-electron chi connectivity index (χ2n) is 2.12. The van der Waals surface area contributed by atoms with Crippen LogP contribution >= 0.6 is 0 Å². The van der Waals surface area contributed by atoms with Crippen LogP contribution in [0.4, 0.5) is 0 Å². The van der Waals surface area contributed by atoms with Crippen LogP contribution in [0.3, 0.4) is 0 Å². The number of ether oxygens (including phenoxy) is 1. The number of unbranched alkanes of at least 4 members (excludes halogenated alkanes) is 1. The van der Waals surface area contributed by atoms with E-state index in [1.165, 1.54) is 6.42 Å². The fourth-order valence-electron chi connectivity index (χ4n) is 0.516. The molecule has 0 N–H and O–H groups in total. The van der Waals surface area contributed by atoms with Crippen molar-refractivity contribution < 1.29 is 4.74 Å². The SMILES string of the molecule is C=CCC=COCCCC. The predicted molar refractivity (Wildman–Crippen MR) is 44.8 cm³/mol. The smallest absolute Gasteiger partial charge is 0.0873 e. The molecule has 0 bridgehead atoms. The van der Waals surface area contributed by atoms with Crippen molar-refractivity contribution in [1.29, 1.82) is 0 Å². The van der Waals surface area contributed by atoms with E-state index in [-0.39, 0.29) is 0 Å². The van der Waals surface area contributed by atoms with Gasteiger partial charge in [-0.2, -0.15) is 0 Å². The third kappa shape index (κ3) is 7.28. The molecule has 1 nitrogen and oxygen atoms in total. The Balaban J connectivity index is 2.94. The van der Waals surface area contributed by atoms with E-state index < -0.39 is 0 Å². The molecule has 1 heteroatoms. The lowest BCUT2D eigenvalue weighted by Gasteiger charge is -1.95. The summed E-state index contributed by atoms with van der Waals surface area (Å²) in [5, 5.41) is 0. The molecular formula is C9H16O. The largest absolute Gasteiger partial charge is 0.502 e. The maximum atomic E-state index is 5.15. The highest BCUT2D eigenvalue weighted by Gasteiger charge is 1.78. The van der Waals surface area contributed by atoms with Gasteiger partial charge in [0.05, 0.1) is 12.9 Å². The lowest BCUT2D eigenvalue weighted by Crippen LogP contribution is -1.84. The van der Waals surface area contributed by atoms with E-state index in [1.807, 2.05) is 12.2 Å². The summed E-state index contributed by atoms with van der Waals surface area (Å²) in [4.78, 5) is 0. The number of rotatable bonds is 6. The van der Waals surface area contributed by atoms with Gasteiger partial charge < -0.3 is 4.74 Å². The van der Waals surface area contributed by atoms with Crippen molar-refractivity contribution in [2.24, 2.45) is 0 Å². The van der Waals surface area contributed by atoms with Gasteiger partial charge in [-0.25, -0.2) is 0 Å². The van der Waals surface area contributed by atoms with E-state index in [9.17, 15) is 0 Å². The summed E-state index contributed by atoms with van der Waals surface area (Å²) in [7, 11) is 0. The van der Waals surface area contributed by atoms with Crippen LogP contribution in [0.1, 0.15) is 26.2 Å². The third-order valence-corrected chi connectivity index (χ3v) is 1.11. The van der Waals surface area contributed by atoms with Crippen molar-refractivity contribution >= 4 is 0 Å². The van der Waals surface area contributed by atoms with Gasteiger partial charge in [-0.05, 0) is 18.9 Å². The zero-order valence-electron chi connectivity index (χ0n) is 6.68. The van der Waals surface area contributed by atoms with Crippen LogP contribution in [0.5, 0.6) is 0 Å². The summed E-state index contributed by atoms with van der Waals surface area (Å²) in [6, 6.07) is 0. The Labute approximate surface area is 63.4 Å². The van der Waals surface area contributed by atoms with Gasteiger partial charge in [0.25, 0.3) is 0 Å². The zero-order chi connectivity index (χ0) is 7.66. The van der Waals surface area contributed by atoms with Crippen molar-refractivity contribution in [1.82, 2.24) is 0 Å². The van der Waals surface area contributed by atoms with Crippen molar-refractivity contribution in [3.63, 3.8) is 0 Å². The Morgan fingerprint density at radius 3 is 2.90 bits per heavy atom. The molecule has 0 aliphatic carbocycles. The van der Waals surface area contributed by atoms with Crippen molar-refractivity contribution in [2.75, 3.05) is 6.61 Å². The van der Waals surface area contributed by atoms with E-state index in [0.29, 0.717) is 0 Å². The molecule has 10 heavy (non-hydrogen) atoms. The summed E-state index contributed by atoms with van der Waals surface area (Å²) in [6.07, 6.45) is 8.78. The average molecular weight is 140 g/mol. The Morgan fingerprint density at radius 1 is 1.50 bits per heavy atom. The van der Waals surface area contributed by atoms with Crippen LogP contribution in [-0.2, 0) is 4.74 Å². The molecule has 0 heterocycles. The van der Waals surface area contributed by atoms with Gasteiger partial charge in [0, 0.05) is 0 Å². The van der Waals surface area contributed by atoms with Crippen LogP contribution in [0.2, 0.25) is 0 Å². The molecule has 0 unspecified atom stereocenters. The molecule has 0 aromatic rings. The number of hydrogen-bond acceptors (Lipinski definition) is 1. The van der Waals surface area contributed by atoms with Gasteiger partial charge >= 0.3 is 0 Å². The Hall–Kier alpha value is -0.720. The number of hydrogen-bond donors (Lipinski definition) is 0. The summed E-state index contributed by atoms with van der Waals surface area (Å²) < 4.78 is 5.15. The van der Waals surface area contributed by atoms with Gasteiger partial charge in [0.15, 0.2) is 0 Å². The van der Waals surface area contributed by atoms with E-state index in [0.717, 1.165) is 19.4 Å². The van der Waals surface area contributed by atoms with Crippen molar-refractivity contribution in [2.45, 2.75) is 26.2 Å². The maximum absolute atomic E-state index is 5.15. The van der Waals surface area contributed by atoms with Gasteiger partial charge in [-0.15, -0.1) is 6.58 Å². The average Bonchev–Trinajstić information content (AvgIpc) is 1.97. The zero-order valence-corrected chi connectivity index (χ0v) is 6.68. The van der Waals surface area contributed by atoms with Crippen LogP contribution in [0, 0.1) is 0 Å². The first-order chi connectivity index (χ1) is 4.91. The molecule has 0 aromatic heterocycles. The fraction of sp³-hybridized carbons (Fsp3) is 0.556. The van der Waals surface area contributed by atoms with Crippen LogP contribution in [0.15, 0.2) is 25.0 Å². The van der Waals surface area contributed by atoms with Crippen LogP contribution < -0.4 is 0 Å². The lowest BCUT2D eigenvalue weighted by molar-refractivity contribution is 0.243. The molecule has 0 atom stereocenters. The molecule has 0 aliphatic heterocycles. The summed E-state index contributed by atoms with van der Waals surface area (Å²) in [6.45, 7) is 6.57. The third-order valence-electron chi connectivity index (χ3n) is 1.11. The predicted octanol–water partition coefficient (Wildman–Crippen LogP) is 2.89. The van der Waals surface area contributed by atoms with E-state index >= 15 is 0 Å². The molecule has 0 rings (SSSR count). The summed E-state index contributed by atoms with van der Waals surface area (Å²) >= 11 is 0. The molecule has 0 saturated heterocycles. The molecule has 0 amide bonds. The highest BCUT2D eigenvalue weighted by molar-refractivity contribution is 4.83. The topological polar surface area (TPSA) is 9.23 Å². The highest BCUT2D eigenvalue weighted by atomic mass is 16.5. The highest BCUT2D eigenvalue weighted by Crippen LogP contribution is 1.89. The first-order valence-electron chi connectivity index (χ1n) is 3.79. The molecule has 0 fully saturated rings. The Kier molecular flexibility index (Phi) is 7.68. The second kappa shape index (κ2) is 8.28. The maximum Gasteiger partial charge on any atom is 0.0873 e. The van der Waals surface area contributed by atoms with Crippen LogP contribution in [-0.4, -0.2) is 6.61 Å². The molecule has 0 spiro atoms. The molecule has 0 radical (unpaired) electrons. The van der Waals surface area contributed by atoms with Crippen molar-refractivity contribution in [3.05, 3.63) is 25.0 Å². The minimum absolute atomic E-state index is 0.837. The van der Waals surface area contributed by atoms with E-state index in [2.05, 4.69) is 13.5 Å². The molecular weight excluding hydrogens is 124 g/mol. The molecule has 0 aliphatic rings. The Bertz CT molecular complexity index is 94.9. The standard InChI is InChI=1S/C9H16O/c1-3-5-7-9-10-8-6-4-2/h3,7,9H,1,4-6,8H2,2H3. The van der Waals surface area contributed by atoms with Gasteiger partial charge in [0.1, 0.15) is 0 Å². The number of allylic oxidation sites excluding steroid dienone is 2. The minimum Gasteiger partial charge on any atom is -0.502 e. The Morgan fingerprint density at radius 2 is 2.30 bits per heavy atom. The normalized spacial score (nSPS) is 10.1. The van der Waals surface area contributed by atoms with Crippen LogP contribution in [0.25, 0.3) is 0 Å². The van der Waals surface area contributed by atoms with E-state index in [1.54, 1.807) is 6.26 Å². The van der Waals surface area contributed by atoms with Gasteiger partial charge in [-0.3, -0.25) is 0 Å². The van der Waals surface area contributed by atoms with Crippen molar-refractivity contribution in [3.8, 4) is 0 Å². The monoisotopic (exact) mass is 140 g/mol. The summed E-state index contributed by atoms with van der Waals surface area (Å²) in [5.74, 6) is 0. The molecule has 0 saturated carbocycles. The van der Waals surface area contributed by atoms with Gasteiger partial charge in [-0.1, -0.05) is 19.4 Å². The first kappa shape index (κ1) is 9.28.